The first-order valence-corrected chi connectivity index (χ1v) is 7.72. The Hall–Kier alpha value is -0.390. The normalized spacial score (nSPS) is 14.3. The van der Waals surface area contributed by atoms with E-state index < -0.39 is 0 Å². The summed E-state index contributed by atoms with van der Waals surface area (Å²) < 4.78 is 6.05. The zero-order valence-electron chi connectivity index (χ0n) is 11.0. The minimum atomic E-state index is -0.138. The number of carbonyl (C=O) groups is 1. The lowest BCUT2D eigenvalue weighted by Gasteiger charge is -2.15. The van der Waals surface area contributed by atoms with Gasteiger partial charge in [-0.15, -0.1) is 11.3 Å². The van der Waals surface area contributed by atoms with Crippen molar-refractivity contribution in [3.63, 3.8) is 0 Å². The number of carbonyl (C=O) groups excluding carboxylic acids is 1. The van der Waals surface area contributed by atoms with Crippen molar-refractivity contribution in [3.05, 3.63) is 20.3 Å². The van der Waals surface area contributed by atoms with Gasteiger partial charge in [0.05, 0.1) is 6.61 Å². The molecular weight excluding hydrogens is 314 g/mol. The van der Waals surface area contributed by atoms with E-state index in [0.29, 0.717) is 13.0 Å². The highest BCUT2D eigenvalue weighted by atomic mass is 79.9. The number of halogens is 1. The average Bonchev–Trinajstić information content (AvgIpc) is 2.59. The van der Waals surface area contributed by atoms with Gasteiger partial charge in [-0.1, -0.05) is 6.92 Å². The van der Waals surface area contributed by atoms with Crippen LogP contribution in [-0.4, -0.2) is 12.6 Å². The molecule has 0 aliphatic carbocycles. The molecule has 2 N–H and O–H groups in total. The Morgan fingerprint density at radius 3 is 2.78 bits per heavy atom. The van der Waals surface area contributed by atoms with Crippen molar-refractivity contribution in [1.29, 1.82) is 0 Å². The summed E-state index contributed by atoms with van der Waals surface area (Å²) in [6, 6.07) is 2.06. The van der Waals surface area contributed by atoms with E-state index in [1.165, 1.54) is 4.88 Å². The van der Waals surface area contributed by atoms with Gasteiger partial charge in [-0.3, -0.25) is 4.79 Å². The molecule has 102 valence electrons. The molecule has 0 aliphatic heterocycles. The third-order valence-corrected chi connectivity index (χ3v) is 4.99. The largest absolute Gasteiger partial charge is 0.466 e. The van der Waals surface area contributed by atoms with Gasteiger partial charge in [0, 0.05) is 26.7 Å². The molecule has 1 aromatic rings. The fourth-order valence-corrected chi connectivity index (χ4v) is 3.38. The number of nitrogens with two attached hydrogens (primary N) is 1. The Balaban J connectivity index is 2.48. The molecule has 5 heteroatoms. The van der Waals surface area contributed by atoms with Crippen LogP contribution in [0.25, 0.3) is 0 Å². The molecule has 1 rings (SSSR count). The number of ether oxygens (including phenoxy) is 1. The number of rotatable bonds is 6. The molecule has 0 amide bonds. The molecular formula is C13H20BrNO2S. The van der Waals surface area contributed by atoms with Gasteiger partial charge < -0.3 is 10.5 Å². The maximum absolute atomic E-state index is 11.4. The van der Waals surface area contributed by atoms with Crippen molar-refractivity contribution in [2.75, 3.05) is 6.61 Å². The topological polar surface area (TPSA) is 52.3 Å². The Bertz CT molecular complexity index is 386. The zero-order chi connectivity index (χ0) is 13.7. The summed E-state index contributed by atoms with van der Waals surface area (Å²) >= 11 is 5.20. The highest BCUT2D eigenvalue weighted by Crippen LogP contribution is 2.32. The maximum atomic E-state index is 11.4. The van der Waals surface area contributed by atoms with Crippen LogP contribution >= 0.6 is 27.3 Å². The molecule has 1 aromatic heterocycles. The molecule has 2 unspecified atom stereocenters. The van der Waals surface area contributed by atoms with Gasteiger partial charge in [0.1, 0.15) is 0 Å². The van der Waals surface area contributed by atoms with E-state index in [-0.39, 0.29) is 17.9 Å². The molecule has 0 bridgehead atoms. The number of hydrogen-bond donors (Lipinski definition) is 1. The van der Waals surface area contributed by atoms with Gasteiger partial charge in [-0.25, -0.2) is 0 Å². The monoisotopic (exact) mass is 333 g/mol. The van der Waals surface area contributed by atoms with E-state index in [9.17, 15) is 4.79 Å². The molecule has 0 saturated heterocycles. The smallest absolute Gasteiger partial charge is 0.306 e. The van der Waals surface area contributed by atoms with Crippen molar-refractivity contribution < 1.29 is 9.53 Å². The lowest BCUT2D eigenvalue weighted by molar-refractivity contribution is -0.144. The third-order valence-electron chi connectivity index (χ3n) is 2.72. The number of esters is 1. The maximum Gasteiger partial charge on any atom is 0.306 e. The highest BCUT2D eigenvalue weighted by Gasteiger charge is 2.17. The van der Waals surface area contributed by atoms with Crippen molar-refractivity contribution >= 4 is 33.2 Å². The minimum absolute atomic E-state index is 0.00979. The lowest BCUT2D eigenvalue weighted by atomic mass is 9.98. The summed E-state index contributed by atoms with van der Waals surface area (Å²) in [7, 11) is 0. The number of thiophene rings is 1. The summed E-state index contributed by atoms with van der Waals surface area (Å²) in [6.07, 6.45) is 1.23. The second-order valence-electron chi connectivity index (χ2n) is 4.51. The Kier molecular flexibility index (Phi) is 6.32. The van der Waals surface area contributed by atoms with Gasteiger partial charge in [0.25, 0.3) is 0 Å². The Morgan fingerprint density at radius 2 is 2.28 bits per heavy atom. The van der Waals surface area contributed by atoms with Crippen LogP contribution in [0.3, 0.4) is 0 Å². The van der Waals surface area contributed by atoms with Gasteiger partial charge in [-0.05, 0) is 48.2 Å². The summed E-state index contributed by atoms with van der Waals surface area (Å²) in [4.78, 5) is 13.8. The SMILES string of the molecule is CCOC(=O)CC(C)CC(N)c1cc(Br)c(C)s1. The van der Waals surface area contributed by atoms with Gasteiger partial charge in [0.2, 0.25) is 0 Å². The van der Waals surface area contributed by atoms with E-state index in [2.05, 4.69) is 28.9 Å². The van der Waals surface area contributed by atoms with E-state index in [4.69, 9.17) is 10.5 Å². The van der Waals surface area contributed by atoms with Gasteiger partial charge in [0.15, 0.2) is 0 Å². The van der Waals surface area contributed by atoms with Gasteiger partial charge >= 0.3 is 5.97 Å². The molecule has 0 spiro atoms. The van der Waals surface area contributed by atoms with Crippen molar-refractivity contribution in [2.45, 2.75) is 39.7 Å². The van der Waals surface area contributed by atoms with Crippen LogP contribution in [0, 0.1) is 12.8 Å². The first kappa shape index (κ1) is 15.7. The Morgan fingerprint density at radius 1 is 1.61 bits per heavy atom. The quantitative estimate of drug-likeness (QED) is 0.805. The zero-order valence-corrected chi connectivity index (χ0v) is 13.4. The molecule has 3 nitrogen and oxygen atoms in total. The van der Waals surface area contributed by atoms with Crippen molar-refractivity contribution in [2.24, 2.45) is 11.7 Å². The fraction of sp³-hybridized carbons (Fsp3) is 0.615. The highest BCUT2D eigenvalue weighted by molar-refractivity contribution is 9.10. The molecule has 0 saturated carbocycles. The second kappa shape index (κ2) is 7.26. The summed E-state index contributed by atoms with van der Waals surface area (Å²) in [6.45, 7) is 6.36. The Labute approximate surface area is 121 Å². The fourth-order valence-electron chi connectivity index (χ4n) is 1.80. The molecule has 0 aromatic carbocycles. The summed E-state index contributed by atoms with van der Waals surface area (Å²) in [5, 5.41) is 0. The van der Waals surface area contributed by atoms with Crippen LogP contribution in [0.4, 0.5) is 0 Å². The van der Waals surface area contributed by atoms with Crippen LogP contribution < -0.4 is 5.73 Å². The van der Waals surface area contributed by atoms with E-state index in [0.717, 1.165) is 15.8 Å². The number of aryl methyl sites for hydroxylation is 1. The third kappa shape index (κ3) is 4.71. The molecule has 0 aliphatic rings. The van der Waals surface area contributed by atoms with Crippen LogP contribution in [-0.2, 0) is 9.53 Å². The van der Waals surface area contributed by atoms with Crippen molar-refractivity contribution in [3.8, 4) is 0 Å². The van der Waals surface area contributed by atoms with E-state index in [1.807, 2.05) is 13.8 Å². The first-order valence-electron chi connectivity index (χ1n) is 6.11. The summed E-state index contributed by atoms with van der Waals surface area (Å²) in [5.41, 5.74) is 6.17. The molecule has 2 atom stereocenters. The van der Waals surface area contributed by atoms with E-state index >= 15 is 0 Å². The number of hydrogen-bond acceptors (Lipinski definition) is 4. The summed E-state index contributed by atoms with van der Waals surface area (Å²) in [5.74, 6) is 0.0981. The van der Waals surface area contributed by atoms with Crippen LogP contribution in [0.5, 0.6) is 0 Å². The average molecular weight is 334 g/mol. The lowest BCUT2D eigenvalue weighted by Crippen LogP contribution is -2.16. The van der Waals surface area contributed by atoms with Crippen LogP contribution in [0.1, 0.15) is 42.5 Å². The predicted molar refractivity (Wildman–Crippen MR) is 78.7 cm³/mol. The molecule has 0 fully saturated rings. The first-order chi connectivity index (χ1) is 8.43. The van der Waals surface area contributed by atoms with Crippen LogP contribution in [0.15, 0.2) is 10.5 Å². The predicted octanol–water partition coefficient (Wildman–Crippen LogP) is 3.80. The van der Waals surface area contributed by atoms with Crippen LogP contribution in [0.2, 0.25) is 0 Å². The van der Waals surface area contributed by atoms with Gasteiger partial charge in [-0.2, -0.15) is 0 Å². The second-order valence-corrected chi connectivity index (χ2v) is 6.65. The van der Waals surface area contributed by atoms with Crippen molar-refractivity contribution in [1.82, 2.24) is 0 Å². The molecule has 0 radical (unpaired) electrons. The van der Waals surface area contributed by atoms with E-state index in [1.54, 1.807) is 11.3 Å². The minimum Gasteiger partial charge on any atom is -0.466 e. The molecule has 18 heavy (non-hydrogen) atoms. The standard InChI is InChI=1S/C13H20BrNO2S/c1-4-17-13(16)6-8(2)5-11(15)12-7-10(14)9(3)18-12/h7-8,11H,4-6,15H2,1-3H3. The molecule has 1 heterocycles.